The summed E-state index contributed by atoms with van der Waals surface area (Å²) in [5.41, 5.74) is 5.10. The van der Waals surface area contributed by atoms with E-state index in [4.69, 9.17) is 0 Å². The number of hydrogen-bond acceptors (Lipinski definition) is 1. The van der Waals surface area contributed by atoms with Crippen LogP contribution in [-0.4, -0.2) is 5.78 Å². The van der Waals surface area contributed by atoms with Gasteiger partial charge in [-0.2, -0.15) is 0 Å². The zero-order valence-electron chi connectivity index (χ0n) is 20.4. The van der Waals surface area contributed by atoms with Gasteiger partial charge in [-0.25, -0.2) is 0 Å². The summed E-state index contributed by atoms with van der Waals surface area (Å²) in [5.74, 6) is 3.40. The van der Waals surface area contributed by atoms with Crippen LogP contribution in [0.15, 0.2) is 23.3 Å². The highest BCUT2D eigenvalue weighted by atomic mass is 16.1. The molecule has 0 amide bonds. The number of ketones is 1. The Balaban J connectivity index is 1.41. The van der Waals surface area contributed by atoms with Crippen LogP contribution >= 0.6 is 0 Å². The normalized spacial score (nSPS) is 49.7. The first-order valence-electron chi connectivity index (χ1n) is 12.9. The van der Waals surface area contributed by atoms with Crippen molar-refractivity contribution in [3.63, 3.8) is 0 Å². The molecule has 0 aromatic heterocycles. The molecule has 8 unspecified atom stereocenters. The van der Waals surface area contributed by atoms with Crippen molar-refractivity contribution in [2.24, 2.45) is 45.3 Å². The number of fused-ring (bicyclic) bond motifs is 2. The Labute approximate surface area is 185 Å². The standard InChI is InChI=1S/C29H44O/c1-19(2)16-22(30)17-21(4)23-11-13-27(6)25-10-9-24-20(3)8-7-12-28(24)18-29(25,28)15-14-26(23,27)5/h8,16,21,23-25H,7,9-15,17-18H2,1-6H3. The summed E-state index contributed by atoms with van der Waals surface area (Å²) >= 11 is 0. The van der Waals surface area contributed by atoms with Crippen molar-refractivity contribution in [3.05, 3.63) is 23.3 Å². The zero-order chi connectivity index (χ0) is 21.5. The van der Waals surface area contributed by atoms with Crippen molar-refractivity contribution < 1.29 is 4.79 Å². The van der Waals surface area contributed by atoms with Gasteiger partial charge in [0.05, 0.1) is 0 Å². The van der Waals surface area contributed by atoms with Crippen molar-refractivity contribution >= 4 is 5.78 Å². The number of hydrogen-bond donors (Lipinski definition) is 0. The lowest BCUT2D eigenvalue weighted by Crippen LogP contribution is -2.54. The average Bonchev–Trinajstić information content (AvgIpc) is 3.22. The fourth-order valence-electron chi connectivity index (χ4n) is 10.4. The van der Waals surface area contributed by atoms with Crippen molar-refractivity contribution in [1.82, 2.24) is 0 Å². The summed E-state index contributed by atoms with van der Waals surface area (Å²) in [6, 6.07) is 0. The number of allylic oxidation sites excluding steroid dienone is 4. The molecule has 166 valence electrons. The molecule has 0 heterocycles. The van der Waals surface area contributed by atoms with E-state index in [2.05, 4.69) is 33.8 Å². The van der Waals surface area contributed by atoms with Crippen LogP contribution in [0.4, 0.5) is 0 Å². The van der Waals surface area contributed by atoms with E-state index >= 15 is 0 Å². The van der Waals surface area contributed by atoms with Gasteiger partial charge < -0.3 is 0 Å². The van der Waals surface area contributed by atoms with E-state index in [0.29, 0.717) is 33.4 Å². The molecule has 0 radical (unpaired) electrons. The maximum Gasteiger partial charge on any atom is 0.155 e. The van der Waals surface area contributed by atoms with Crippen molar-refractivity contribution in [3.8, 4) is 0 Å². The fourth-order valence-corrected chi connectivity index (χ4v) is 10.4. The Kier molecular flexibility index (Phi) is 4.61. The maximum atomic E-state index is 12.6. The van der Waals surface area contributed by atoms with Crippen molar-refractivity contribution in [2.45, 2.75) is 106 Å². The van der Waals surface area contributed by atoms with Crippen LogP contribution in [0.2, 0.25) is 0 Å². The highest BCUT2D eigenvalue weighted by Gasteiger charge is 2.80. The lowest BCUT2D eigenvalue weighted by molar-refractivity contribution is -0.126. The SMILES string of the molecule is CC(C)=CC(=O)CC(C)C1CCC2(C)C3CCC4C(C)=CCCC45CC35CCC12C. The topological polar surface area (TPSA) is 17.1 Å². The quantitative estimate of drug-likeness (QED) is 0.341. The molecule has 5 rings (SSSR count). The molecule has 5 aliphatic carbocycles. The number of rotatable bonds is 4. The molecule has 1 nitrogen and oxygen atoms in total. The molecule has 0 aliphatic heterocycles. The van der Waals surface area contributed by atoms with E-state index in [9.17, 15) is 4.79 Å². The van der Waals surface area contributed by atoms with E-state index in [-0.39, 0.29) is 0 Å². The molecule has 4 fully saturated rings. The highest BCUT2D eigenvalue weighted by molar-refractivity contribution is 5.90. The molecule has 0 aromatic rings. The summed E-state index contributed by atoms with van der Waals surface area (Å²) in [6.07, 6.45) is 18.0. The van der Waals surface area contributed by atoms with Crippen molar-refractivity contribution in [2.75, 3.05) is 0 Å². The molecule has 0 N–H and O–H groups in total. The molecule has 4 saturated carbocycles. The molecule has 0 aromatic carbocycles. The number of carbonyl (C=O) groups is 1. The Morgan fingerprint density at radius 2 is 1.83 bits per heavy atom. The van der Waals surface area contributed by atoms with Crippen LogP contribution in [0.3, 0.4) is 0 Å². The first kappa shape index (κ1) is 21.0. The second kappa shape index (κ2) is 6.58. The third-order valence-electron chi connectivity index (χ3n) is 11.8. The van der Waals surface area contributed by atoms with Gasteiger partial charge in [-0.3, -0.25) is 4.79 Å². The largest absolute Gasteiger partial charge is 0.295 e. The molecular weight excluding hydrogens is 364 g/mol. The van der Waals surface area contributed by atoms with Crippen LogP contribution in [0, 0.1) is 45.3 Å². The maximum absolute atomic E-state index is 12.6. The van der Waals surface area contributed by atoms with Gasteiger partial charge in [0.2, 0.25) is 0 Å². The summed E-state index contributed by atoms with van der Waals surface area (Å²) in [6.45, 7) is 14.2. The van der Waals surface area contributed by atoms with Gasteiger partial charge in [0.25, 0.3) is 0 Å². The van der Waals surface area contributed by atoms with Gasteiger partial charge >= 0.3 is 0 Å². The Hall–Kier alpha value is -0.850. The molecule has 5 aliphatic rings. The van der Waals surface area contributed by atoms with Crippen LogP contribution in [0.5, 0.6) is 0 Å². The molecular formula is C29H44O. The molecule has 0 saturated heterocycles. The third kappa shape index (κ3) is 2.50. The molecule has 2 spiro atoms. The second-order valence-electron chi connectivity index (χ2n) is 13.0. The van der Waals surface area contributed by atoms with Gasteiger partial charge in [0, 0.05) is 6.42 Å². The Morgan fingerprint density at radius 3 is 2.57 bits per heavy atom. The average molecular weight is 409 g/mol. The predicted octanol–water partition coefficient (Wildman–Crippen LogP) is 7.91. The summed E-state index contributed by atoms with van der Waals surface area (Å²) in [4.78, 5) is 12.6. The highest BCUT2D eigenvalue weighted by Crippen LogP contribution is 2.87. The second-order valence-corrected chi connectivity index (χ2v) is 13.0. The lowest BCUT2D eigenvalue weighted by Gasteiger charge is -2.61. The molecule has 1 heteroatoms. The Bertz CT molecular complexity index is 814. The van der Waals surface area contributed by atoms with Gasteiger partial charge in [0.15, 0.2) is 5.78 Å². The van der Waals surface area contributed by atoms with Gasteiger partial charge in [-0.1, -0.05) is 38.0 Å². The van der Waals surface area contributed by atoms with Gasteiger partial charge in [-0.05, 0) is 130 Å². The van der Waals surface area contributed by atoms with E-state index in [1.165, 1.54) is 57.8 Å². The lowest BCUT2D eigenvalue weighted by atomic mass is 9.43. The van der Waals surface area contributed by atoms with E-state index in [1.807, 2.05) is 19.9 Å². The summed E-state index contributed by atoms with van der Waals surface area (Å²) < 4.78 is 0. The van der Waals surface area contributed by atoms with Crippen LogP contribution in [0.1, 0.15) is 106 Å². The summed E-state index contributed by atoms with van der Waals surface area (Å²) in [5, 5.41) is 0. The molecule has 8 atom stereocenters. The first-order chi connectivity index (χ1) is 14.1. The first-order valence-corrected chi connectivity index (χ1v) is 12.9. The van der Waals surface area contributed by atoms with Gasteiger partial charge in [-0.15, -0.1) is 0 Å². The van der Waals surface area contributed by atoms with Crippen LogP contribution in [0.25, 0.3) is 0 Å². The van der Waals surface area contributed by atoms with Crippen LogP contribution in [-0.2, 0) is 4.79 Å². The number of carbonyl (C=O) groups excluding carboxylic acids is 1. The predicted molar refractivity (Wildman–Crippen MR) is 125 cm³/mol. The van der Waals surface area contributed by atoms with Crippen LogP contribution < -0.4 is 0 Å². The monoisotopic (exact) mass is 408 g/mol. The van der Waals surface area contributed by atoms with Crippen molar-refractivity contribution in [1.29, 1.82) is 0 Å². The molecule has 30 heavy (non-hydrogen) atoms. The van der Waals surface area contributed by atoms with E-state index < -0.39 is 0 Å². The zero-order valence-corrected chi connectivity index (χ0v) is 20.4. The summed E-state index contributed by atoms with van der Waals surface area (Å²) in [7, 11) is 0. The van der Waals surface area contributed by atoms with E-state index in [0.717, 1.165) is 29.7 Å². The van der Waals surface area contributed by atoms with Gasteiger partial charge in [0.1, 0.15) is 0 Å². The minimum absolute atomic E-state index is 0.345. The molecule has 0 bridgehead atoms. The third-order valence-corrected chi connectivity index (χ3v) is 11.8. The minimum Gasteiger partial charge on any atom is -0.295 e. The minimum atomic E-state index is 0.345. The van der Waals surface area contributed by atoms with E-state index in [1.54, 1.807) is 5.57 Å². The Morgan fingerprint density at radius 1 is 1.07 bits per heavy atom. The fraction of sp³-hybridized carbons (Fsp3) is 0.828. The smallest absolute Gasteiger partial charge is 0.155 e.